The summed E-state index contributed by atoms with van der Waals surface area (Å²) in [4.78, 5) is 4.08. The van der Waals surface area contributed by atoms with Crippen LogP contribution in [0.25, 0.3) is 0 Å². The van der Waals surface area contributed by atoms with E-state index in [2.05, 4.69) is 21.5 Å². The van der Waals surface area contributed by atoms with Crippen LogP contribution >= 0.6 is 0 Å². The first-order chi connectivity index (χ1) is 8.51. The fourth-order valence-corrected chi connectivity index (χ4v) is 2.56. The van der Waals surface area contributed by atoms with Crippen LogP contribution in [0.15, 0.2) is 11.2 Å². The average Bonchev–Trinajstić information content (AvgIpc) is 2.68. The van der Waals surface area contributed by atoms with Crippen LogP contribution in [0.5, 0.6) is 0 Å². The summed E-state index contributed by atoms with van der Waals surface area (Å²) in [5.41, 5.74) is 0. The Morgan fingerprint density at radius 1 is 1.50 bits per heavy atom. The van der Waals surface area contributed by atoms with Crippen molar-refractivity contribution >= 4 is 10.0 Å². The van der Waals surface area contributed by atoms with E-state index in [1.807, 2.05) is 11.5 Å². The number of aromatic nitrogens is 2. The van der Waals surface area contributed by atoms with Gasteiger partial charge in [0.1, 0.15) is 5.82 Å². The first-order valence-electron chi connectivity index (χ1n) is 5.94. The van der Waals surface area contributed by atoms with Gasteiger partial charge in [-0.15, -0.1) is 11.8 Å². The predicted octanol–water partition coefficient (Wildman–Crippen LogP) is 1.29. The topological polar surface area (TPSA) is 64.0 Å². The number of hydrogen-bond donors (Lipinski definition) is 1. The largest absolute Gasteiger partial charge is 0.334 e. The van der Waals surface area contributed by atoms with Crippen LogP contribution in [-0.2, 0) is 16.6 Å². The standard InChI is InChI=1S/C12H19N3O2S/c1-4-6-7-8-13-18(16,17)12-10-15(9-5-2)11(3)14-12/h10,13H,5,7-9H2,1-3H3. The van der Waals surface area contributed by atoms with Gasteiger partial charge in [0.05, 0.1) is 0 Å². The van der Waals surface area contributed by atoms with E-state index in [1.165, 1.54) is 0 Å². The van der Waals surface area contributed by atoms with Gasteiger partial charge in [0, 0.05) is 25.7 Å². The van der Waals surface area contributed by atoms with Crippen LogP contribution in [0.1, 0.15) is 32.5 Å². The maximum absolute atomic E-state index is 11.9. The zero-order valence-electron chi connectivity index (χ0n) is 11.0. The lowest BCUT2D eigenvalue weighted by molar-refractivity contribution is 0.578. The molecule has 0 radical (unpaired) electrons. The number of imidazole rings is 1. The Bertz CT molecular complexity index is 550. The highest BCUT2D eigenvalue weighted by molar-refractivity contribution is 7.89. The third-order valence-corrected chi connectivity index (χ3v) is 3.74. The molecule has 0 aliphatic carbocycles. The second-order valence-corrected chi connectivity index (χ2v) is 5.61. The van der Waals surface area contributed by atoms with Gasteiger partial charge in [-0.3, -0.25) is 0 Å². The molecular weight excluding hydrogens is 250 g/mol. The van der Waals surface area contributed by atoms with E-state index < -0.39 is 10.0 Å². The Morgan fingerprint density at radius 2 is 2.22 bits per heavy atom. The van der Waals surface area contributed by atoms with E-state index in [0.717, 1.165) is 13.0 Å². The molecule has 1 rings (SSSR count). The van der Waals surface area contributed by atoms with E-state index in [1.54, 1.807) is 20.0 Å². The minimum absolute atomic E-state index is 0.0814. The molecule has 5 nitrogen and oxygen atoms in total. The molecule has 1 heterocycles. The van der Waals surface area contributed by atoms with Crippen LogP contribution < -0.4 is 4.72 Å². The SMILES string of the molecule is CC#CCCNS(=O)(=O)c1cn(CCC)c(C)n1. The summed E-state index contributed by atoms with van der Waals surface area (Å²) in [6, 6.07) is 0. The average molecular weight is 269 g/mol. The molecule has 0 amide bonds. The highest BCUT2D eigenvalue weighted by Crippen LogP contribution is 2.09. The smallest absolute Gasteiger partial charge is 0.259 e. The summed E-state index contributed by atoms with van der Waals surface area (Å²) in [5, 5.41) is 0.0814. The molecule has 0 saturated heterocycles. The second kappa shape index (κ2) is 6.57. The first kappa shape index (κ1) is 14.7. The van der Waals surface area contributed by atoms with Crippen molar-refractivity contribution in [2.45, 2.75) is 45.2 Å². The molecule has 0 unspecified atom stereocenters. The minimum atomic E-state index is -3.51. The Balaban J connectivity index is 2.77. The third kappa shape index (κ3) is 3.86. The number of rotatable bonds is 6. The zero-order chi connectivity index (χ0) is 13.6. The van der Waals surface area contributed by atoms with Crippen LogP contribution in [0.4, 0.5) is 0 Å². The molecular formula is C12H19N3O2S. The molecule has 100 valence electrons. The number of sulfonamides is 1. The van der Waals surface area contributed by atoms with Gasteiger partial charge in [-0.25, -0.2) is 18.1 Å². The van der Waals surface area contributed by atoms with Crippen LogP contribution in [-0.4, -0.2) is 24.5 Å². The van der Waals surface area contributed by atoms with E-state index in [-0.39, 0.29) is 5.03 Å². The molecule has 18 heavy (non-hydrogen) atoms. The van der Waals surface area contributed by atoms with E-state index in [9.17, 15) is 8.42 Å². The maximum Gasteiger partial charge on any atom is 0.259 e. The molecule has 0 aromatic carbocycles. The number of nitrogens with zero attached hydrogens (tertiary/aromatic N) is 2. The van der Waals surface area contributed by atoms with Gasteiger partial charge in [0.2, 0.25) is 0 Å². The van der Waals surface area contributed by atoms with Gasteiger partial charge in [-0.1, -0.05) is 6.92 Å². The van der Waals surface area contributed by atoms with Crippen LogP contribution in [0.3, 0.4) is 0 Å². The van der Waals surface area contributed by atoms with E-state index in [0.29, 0.717) is 18.8 Å². The molecule has 0 aliphatic heterocycles. The summed E-state index contributed by atoms with van der Waals surface area (Å²) >= 11 is 0. The summed E-state index contributed by atoms with van der Waals surface area (Å²) in [7, 11) is -3.51. The van der Waals surface area contributed by atoms with Crippen molar-refractivity contribution in [1.82, 2.24) is 14.3 Å². The predicted molar refractivity (Wildman–Crippen MR) is 70.5 cm³/mol. The molecule has 0 saturated carbocycles. The third-order valence-electron chi connectivity index (χ3n) is 2.41. The quantitative estimate of drug-likeness (QED) is 0.625. The Kier molecular flexibility index (Phi) is 5.38. The summed E-state index contributed by atoms with van der Waals surface area (Å²) in [5.74, 6) is 6.24. The van der Waals surface area contributed by atoms with Crippen LogP contribution in [0, 0.1) is 18.8 Å². The van der Waals surface area contributed by atoms with Gasteiger partial charge in [-0.2, -0.15) is 0 Å². The fourth-order valence-electron chi connectivity index (χ4n) is 1.52. The van der Waals surface area contributed by atoms with Crippen LogP contribution in [0.2, 0.25) is 0 Å². The van der Waals surface area contributed by atoms with Gasteiger partial charge < -0.3 is 4.57 Å². The van der Waals surface area contributed by atoms with Crippen molar-refractivity contribution < 1.29 is 8.42 Å². The summed E-state index contributed by atoms with van der Waals surface area (Å²) in [6.07, 6.45) is 3.02. The highest BCUT2D eigenvalue weighted by atomic mass is 32.2. The van der Waals surface area contributed by atoms with Gasteiger partial charge in [0.15, 0.2) is 5.03 Å². The number of nitrogens with one attached hydrogen (secondary N) is 1. The van der Waals surface area contributed by atoms with Crippen molar-refractivity contribution in [2.75, 3.05) is 6.54 Å². The van der Waals surface area contributed by atoms with E-state index in [4.69, 9.17) is 0 Å². The van der Waals surface area contributed by atoms with Crippen molar-refractivity contribution in [2.24, 2.45) is 0 Å². The first-order valence-corrected chi connectivity index (χ1v) is 7.42. The summed E-state index contributed by atoms with van der Waals surface area (Å²) < 4.78 is 28.2. The van der Waals surface area contributed by atoms with Crippen molar-refractivity contribution in [1.29, 1.82) is 0 Å². The Morgan fingerprint density at radius 3 is 2.83 bits per heavy atom. The monoisotopic (exact) mass is 269 g/mol. The second-order valence-electron chi connectivity index (χ2n) is 3.89. The Hall–Kier alpha value is -1.32. The fraction of sp³-hybridized carbons (Fsp3) is 0.583. The van der Waals surface area contributed by atoms with E-state index >= 15 is 0 Å². The minimum Gasteiger partial charge on any atom is -0.334 e. The highest BCUT2D eigenvalue weighted by Gasteiger charge is 2.18. The van der Waals surface area contributed by atoms with Gasteiger partial charge in [-0.05, 0) is 20.3 Å². The molecule has 0 atom stereocenters. The van der Waals surface area contributed by atoms with Crippen molar-refractivity contribution in [3.05, 3.63) is 12.0 Å². The molecule has 6 heteroatoms. The molecule has 1 aromatic rings. The maximum atomic E-state index is 11.9. The lowest BCUT2D eigenvalue weighted by Crippen LogP contribution is -2.24. The lowest BCUT2D eigenvalue weighted by Gasteiger charge is -2.01. The van der Waals surface area contributed by atoms with Crippen molar-refractivity contribution in [3.63, 3.8) is 0 Å². The lowest BCUT2D eigenvalue weighted by atomic mass is 10.4. The molecule has 0 bridgehead atoms. The molecule has 0 spiro atoms. The van der Waals surface area contributed by atoms with Gasteiger partial charge >= 0.3 is 0 Å². The normalized spacial score (nSPS) is 11.1. The number of hydrogen-bond acceptors (Lipinski definition) is 3. The van der Waals surface area contributed by atoms with Gasteiger partial charge in [0.25, 0.3) is 10.0 Å². The zero-order valence-corrected chi connectivity index (χ0v) is 11.8. The molecule has 1 N–H and O–H groups in total. The molecule has 1 aromatic heterocycles. The summed E-state index contributed by atoms with van der Waals surface area (Å²) in [6.45, 7) is 6.65. The Labute approximate surface area is 109 Å². The molecule has 0 fully saturated rings. The molecule has 0 aliphatic rings. The van der Waals surface area contributed by atoms with Crippen molar-refractivity contribution in [3.8, 4) is 11.8 Å². The number of aryl methyl sites for hydroxylation is 2.